The maximum Gasteiger partial charge on any atom is 0.137 e. The van der Waals surface area contributed by atoms with Gasteiger partial charge in [-0.25, -0.2) is 4.98 Å². The monoisotopic (exact) mass is 252 g/mol. The van der Waals surface area contributed by atoms with Gasteiger partial charge in [0.2, 0.25) is 0 Å². The van der Waals surface area contributed by atoms with Crippen molar-refractivity contribution < 1.29 is 0 Å². The van der Waals surface area contributed by atoms with E-state index in [-0.39, 0.29) is 5.41 Å². The van der Waals surface area contributed by atoms with E-state index in [4.69, 9.17) is 0 Å². The molecule has 0 radical (unpaired) electrons. The van der Waals surface area contributed by atoms with Crippen molar-refractivity contribution in [1.29, 1.82) is 0 Å². The number of pyridine rings is 1. The summed E-state index contributed by atoms with van der Waals surface area (Å²) in [7, 11) is 0. The zero-order chi connectivity index (χ0) is 10.3. The van der Waals surface area contributed by atoms with Crippen molar-refractivity contribution in [2.24, 2.45) is 0 Å². The van der Waals surface area contributed by atoms with Gasteiger partial charge in [-0.05, 0) is 28.1 Å². The Kier molecular flexibility index (Phi) is 2.14. The van der Waals surface area contributed by atoms with Gasteiger partial charge in [0.1, 0.15) is 10.3 Å². The van der Waals surface area contributed by atoms with Crippen LogP contribution in [0.2, 0.25) is 0 Å². The van der Waals surface area contributed by atoms with Crippen LogP contribution in [0.25, 0.3) is 5.65 Å². The first kappa shape index (κ1) is 9.71. The molecule has 0 aliphatic rings. The van der Waals surface area contributed by atoms with Crippen LogP contribution in [0.3, 0.4) is 0 Å². The molecule has 2 aromatic heterocycles. The molecule has 0 aromatic carbocycles. The molecule has 0 unspecified atom stereocenters. The third-order valence-electron chi connectivity index (χ3n) is 2.18. The van der Waals surface area contributed by atoms with E-state index in [1.807, 2.05) is 24.4 Å². The van der Waals surface area contributed by atoms with Crippen molar-refractivity contribution in [3.8, 4) is 0 Å². The summed E-state index contributed by atoms with van der Waals surface area (Å²) in [6.07, 6.45) is 2.02. The van der Waals surface area contributed by atoms with Crippen LogP contribution in [0.15, 0.2) is 29.0 Å². The fourth-order valence-corrected chi connectivity index (χ4v) is 2.43. The van der Waals surface area contributed by atoms with Gasteiger partial charge in [-0.2, -0.15) is 0 Å². The van der Waals surface area contributed by atoms with Gasteiger partial charge in [0.05, 0.1) is 5.69 Å². The fraction of sp³-hybridized carbons (Fsp3) is 0.364. The second-order valence-electron chi connectivity index (χ2n) is 4.43. The first-order valence-electron chi connectivity index (χ1n) is 4.63. The van der Waals surface area contributed by atoms with E-state index in [0.717, 1.165) is 15.9 Å². The fourth-order valence-electron chi connectivity index (χ4n) is 1.44. The molecular weight excluding hydrogens is 240 g/mol. The first-order chi connectivity index (χ1) is 6.50. The minimum Gasteiger partial charge on any atom is -0.294 e. The smallest absolute Gasteiger partial charge is 0.137 e. The van der Waals surface area contributed by atoms with Crippen molar-refractivity contribution in [3.05, 3.63) is 34.7 Å². The van der Waals surface area contributed by atoms with Crippen LogP contribution in [0.5, 0.6) is 0 Å². The quantitative estimate of drug-likeness (QED) is 0.703. The SMILES string of the molecule is CC(C)(C)c1nc2ccccn2c1Br. The molecule has 0 N–H and O–H groups in total. The molecule has 0 aliphatic carbocycles. The van der Waals surface area contributed by atoms with Crippen LogP contribution >= 0.6 is 15.9 Å². The van der Waals surface area contributed by atoms with E-state index in [0.29, 0.717) is 0 Å². The van der Waals surface area contributed by atoms with Crippen molar-refractivity contribution >= 4 is 21.6 Å². The van der Waals surface area contributed by atoms with Gasteiger partial charge in [0.15, 0.2) is 0 Å². The second kappa shape index (κ2) is 3.09. The number of imidazole rings is 1. The molecule has 0 atom stereocenters. The Hall–Kier alpha value is -0.830. The summed E-state index contributed by atoms with van der Waals surface area (Å²) in [5.74, 6) is 0. The van der Waals surface area contributed by atoms with Crippen LogP contribution in [0.1, 0.15) is 26.5 Å². The zero-order valence-corrected chi connectivity index (χ0v) is 10.2. The van der Waals surface area contributed by atoms with E-state index in [1.54, 1.807) is 0 Å². The lowest BCUT2D eigenvalue weighted by molar-refractivity contribution is 0.569. The summed E-state index contributed by atoms with van der Waals surface area (Å²) < 4.78 is 3.11. The molecule has 0 aliphatic heterocycles. The van der Waals surface area contributed by atoms with Gasteiger partial charge in [-0.1, -0.05) is 26.8 Å². The summed E-state index contributed by atoms with van der Waals surface area (Å²) in [6, 6.07) is 6.02. The Morgan fingerprint density at radius 1 is 1.29 bits per heavy atom. The topological polar surface area (TPSA) is 17.3 Å². The predicted molar refractivity (Wildman–Crippen MR) is 61.6 cm³/mol. The highest BCUT2D eigenvalue weighted by Crippen LogP contribution is 2.29. The van der Waals surface area contributed by atoms with Crippen molar-refractivity contribution in [3.63, 3.8) is 0 Å². The number of halogens is 1. The van der Waals surface area contributed by atoms with E-state index in [1.165, 1.54) is 0 Å². The largest absolute Gasteiger partial charge is 0.294 e. The van der Waals surface area contributed by atoms with Gasteiger partial charge in [-0.15, -0.1) is 0 Å². The second-order valence-corrected chi connectivity index (χ2v) is 5.18. The average molecular weight is 253 g/mol. The third-order valence-corrected chi connectivity index (χ3v) is 2.94. The highest BCUT2D eigenvalue weighted by Gasteiger charge is 2.21. The standard InChI is InChI=1S/C11H13BrN2/c1-11(2,3)9-10(12)14-7-5-4-6-8(14)13-9/h4-7H,1-3H3. The van der Waals surface area contributed by atoms with Crippen LogP contribution < -0.4 is 0 Å². The summed E-state index contributed by atoms with van der Waals surface area (Å²) in [5.41, 5.74) is 2.17. The predicted octanol–water partition coefficient (Wildman–Crippen LogP) is 3.39. The Balaban J connectivity index is 2.75. The van der Waals surface area contributed by atoms with Crippen LogP contribution in [-0.4, -0.2) is 9.38 Å². The molecule has 14 heavy (non-hydrogen) atoms. The molecule has 0 saturated carbocycles. The molecule has 2 aromatic rings. The lowest BCUT2D eigenvalue weighted by atomic mass is 9.93. The van der Waals surface area contributed by atoms with E-state index in [9.17, 15) is 0 Å². The molecule has 0 saturated heterocycles. The molecule has 3 heteroatoms. The van der Waals surface area contributed by atoms with Crippen LogP contribution in [-0.2, 0) is 5.41 Å². The van der Waals surface area contributed by atoms with Gasteiger partial charge < -0.3 is 0 Å². The maximum atomic E-state index is 4.60. The number of hydrogen-bond donors (Lipinski definition) is 0. The average Bonchev–Trinajstić information content (AvgIpc) is 2.44. The van der Waals surface area contributed by atoms with Gasteiger partial charge >= 0.3 is 0 Å². The zero-order valence-electron chi connectivity index (χ0n) is 8.58. The Morgan fingerprint density at radius 2 is 2.00 bits per heavy atom. The van der Waals surface area contributed by atoms with Crippen molar-refractivity contribution in [1.82, 2.24) is 9.38 Å². The van der Waals surface area contributed by atoms with E-state index < -0.39 is 0 Å². The molecule has 0 fully saturated rings. The number of fused-ring (bicyclic) bond motifs is 1. The highest BCUT2D eigenvalue weighted by atomic mass is 79.9. The maximum absolute atomic E-state index is 4.60. The van der Waals surface area contributed by atoms with E-state index in [2.05, 4.69) is 46.1 Å². The molecule has 0 bridgehead atoms. The normalized spacial score (nSPS) is 12.3. The summed E-state index contributed by atoms with van der Waals surface area (Å²) in [4.78, 5) is 4.60. The summed E-state index contributed by atoms with van der Waals surface area (Å²) in [6.45, 7) is 6.50. The number of rotatable bonds is 0. The Labute approximate surface area is 92.1 Å². The van der Waals surface area contributed by atoms with E-state index >= 15 is 0 Å². The first-order valence-corrected chi connectivity index (χ1v) is 5.42. The van der Waals surface area contributed by atoms with Gasteiger partial charge in [0.25, 0.3) is 0 Å². The number of hydrogen-bond acceptors (Lipinski definition) is 1. The Bertz CT molecular complexity index is 466. The minimum atomic E-state index is 0.0743. The lowest BCUT2D eigenvalue weighted by Crippen LogP contribution is -2.12. The molecule has 74 valence electrons. The molecule has 0 spiro atoms. The summed E-state index contributed by atoms with van der Waals surface area (Å²) >= 11 is 3.59. The lowest BCUT2D eigenvalue weighted by Gasteiger charge is -2.15. The Morgan fingerprint density at radius 3 is 2.57 bits per heavy atom. The number of aromatic nitrogens is 2. The van der Waals surface area contributed by atoms with Gasteiger partial charge in [0, 0.05) is 11.6 Å². The third kappa shape index (κ3) is 1.46. The summed E-state index contributed by atoms with van der Waals surface area (Å²) in [5, 5.41) is 0. The minimum absolute atomic E-state index is 0.0743. The molecule has 2 heterocycles. The van der Waals surface area contributed by atoms with Gasteiger partial charge in [-0.3, -0.25) is 4.40 Å². The van der Waals surface area contributed by atoms with Crippen molar-refractivity contribution in [2.45, 2.75) is 26.2 Å². The number of nitrogens with zero attached hydrogens (tertiary/aromatic N) is 2. The molecular formula is C11H13BrN2. The molecule has 0 amide bonds. The molecule has 2 nitrogen and oxygen atoms in total. The van der Waals surface area contributed by atoms with Crippen LogP contribution in [0, 0.1) is 0 Å². The van der Waals surface area contributed by atoms with Crippen LogP contribution in [0.4, 0.5) is 0 Å². The molecule has 2 rings (SSSR count). The van der Waals surface area contributed by atoms with Crippen molar-refractivity contribution in [2.75, 3.05) is 0 Å². The highest BCUT2D eigenvalue weighted by molar-refractivity contribution is 9.10.